The summed E-state index contributed by atoms with van der Waals surface area (Å²) < 4.78 is 23.4. The summed E-state index contributed by atoms with van der Waals surface area (Å²) in [6.07, 6.45) is 82.9. The Morgan fingerprint density at radius 2 is 0.700 bits per heavy atom. The van der Waals surface area contributed by atoms with Gasteiger partial charge in [-0.1, -0.05) is 333 Å². The standard InChI is InChI=1S/C71H139N2O6P/c1-6-8-10-12-14-16-18-20-22-24-26-27-28-29-30-31-32-33-34-35-36-37-38-39-40-41-42-43-44-45-47-49-51-53-55-57-59-61-63-65-71(75)72-69(68-79-80(76,77)78-67-66-73(3,4)5)70(74)64-62-60-58-56-54-52-50-48-46-25-23-21-19-17-15-13-11-9-7-2/h24,26,54,56,62,64,69-70,74H,6-23,25,27-53,55,57-61,63,65-68H2,1-5H3,(H-,72,75,76,77)/b26-24-,56-54+,64-62+. The first-order valence-electron chi connectivity index (χ1n) is 35.4. The minimum Gasteiger partial charge on any atom is -0.756 e. The van der Waals surface area contributed by atoms with Crippen LogP contribution in [0.4, 0.5) is 0 Å². The lowest BCUT2D eigenvalue weighted by molar-refractivity contribution is -0.870. The van der Waals surface area contributed by atoms with Crippen molar-refractivity contribution in [2.75, 3.05) is 40.9 Å². The molecule has 0 heterocycles. The Morgan fingerprint density at radius 1 is 0.425 bits per heavy atom. The first kappa shape index (κ1) is 78.7. The third-order valence-electron chi connectivity index (χ3n) is 16.3. The molecular formula is C71H139N2O6P. The second kappa shape index (κ2) is 62.3. The van der Waals surface area contributed by atoms with Crippen LogP contribution in [0, 0.1) is 0 Å². The van der Waals surface area contributed by atoms with Gasteiger partial charge >= 0.3 is 0 Å². The van der Waals surface area contributed by atoms with Gasteiger partial charge in [-0.2, -0.15) is 0 Å². The van der Waals surface area contributed by atoms with Gasteiger partial charge in [-0.05, 0) is 57.8 Å². The van der Waals surface area contributed by atoms with Crippen LogP contribution in [0.2, 0.25) is 0 Å². The number of nitrogens with one attached hydrogen (secondary N) is 1. The molecule has 0 saturated heterocycles. The largest absolute Gasteiger partial charge is 0.756 e. The molecule has 0 bridgehead atoms. The number of allylic oxidation sites excluding steroid dienone is 5. The second-order valence-electron chi connectivity index (χ2n) is 25.6. The van der Waals surface area contributed by atoms with Crippen LogP contribution < -0.4 is 10.2 Å². The van der Waals surface area contributed by atoms with Gasteiger partial charge in [0.1, 0.15) is 13.2 Å². The summed E-state index contributed by atoms with van der Waals surface area (Å²) in [6.45, 7) is 4.68. The van der Waals surface area contributed by atoms with E-state index in [0.29, 0.717) is 17.4 Å². The van der Waals surface area contributed by atoms with Crippen LogP contribution in [-0.2, 0) is 18.4 Å². The van der Waals surface area contributed by atoms with E-state index < -0.39 is 20.0 Å². The number of unbranched alkanes of at least 4 members (excludes halogenated alkanes) is 49. The van der Waals surface area contributed by atoms with Crippen LogP contribution >= 0.6 is 7.82 Å². The molecule has 0 fully saturated rings. The Labute approximate surface area is 499 Å². The van der Waals surface area contributed by atoms with Crippen molar-refractivity contribution in [3.8, 4) is 0 Å². The Bertz CT molecular complexity index is 1400. The number of carbonyl (C=O) groups excluding carboxylic acids is 1. The van der Waals surface area contributed by atoms with Crippen molar-refractivity contribution in [1.82, 2.24) is 5.32 Å². The first-order valence-corrected chi connectivity index (χ1v) is 36.8. The number of quaternary nitrogens is 1. The quantitative estimate of drug-likeness (QED) is 0.0272. The van der Waals surface area contributed by atoms with Crippen LogP contribution in [-0.4, -0.2) is 68.5 Å². The number of rotatable bonds is 66. The minimum atomic E-state index is -4.61. The van der Waals surface area contributed by atoms with Crippen molar-refractivity contribution < 1.29 is 32.9 Å². The van der Waals surface area contributed by atoms with E-state index in [-0.39, 0.29) is 19.1 Å². The van der Waals surface area contributed by atoms with E-state index in [4.69, 9.17) is 9.05 Å². The Balaban J connectivity index is 3.93. The fourth-order valence-electron chi connectivity index (χ4n) is 10.8. The molecule has 0 aliphatic rings. The highest BCUT2D eigenvalue weighted by Crippen LogP contribution is 2.38. The van der Waals surface area contributed by atoms with Crippen LogP contribution in [0.15, 0.2) is 36.5 Å². The van der Waals surface area contributed by atoms with Crippen LogP contribution in [0.5, 0.6) is 0 Å². The van der Waals surface area contributed by atoms with E-state index >= 15 is 0 Å². The average molecular weight is 1150 g/mol. The predicted octanol–water partition coefficient (Wildman–Crippen LogP) is 21.8. The SMILES string of the molecule is CCCCCCCCCC/C=C\CCCCCCCCCCCCCCCCCCCCCCCCCCCCCC(=O)NC(COP(=O)([O-])OCC[N+](C)(C)C)C(O)/C=C/CC/C=C/CCCCCCCCCCCCCCC. The summed E-state index contributed by atoms with van der Waals surface area (Å²) >= 11 is 0. The fraction of sp³-hybridized carbons (Fsp3) is 0.901. The topological polar surface area (TPSA) is 108 Å². The molecule has 0 aliphatic heterocycles. The van der Waals surface area contributed by atoms with Gasteiger partial charge in [0.25, 0.3) is 7.82 Å². The summed E-state index contributed by atoms with van der Waals surface area (Å²) in [4.78, 5) is 25.6. The van der Waals surface area contributed by atoms with Gasteiger partial charge in [-0.25, -0.2) is 0 Å². The molecule has 0 aliphatic carbocycles. The zero-order chi connectivity index (χ0) is 58.4. The van der Waals surface area contributed by atoms with Crippen molar-refractivity contribution >= 4 is 13.7 Å². The van der Waals surface area contributed by atoms with E-state index in [1.807, 2.05) is 27.2 Å². The highest BCUT2D eigenvalue weighted by atomic mass is 31.2. The molecule has 0 rings (SSSR count). The lowest BCUT2D eigenvalue weighted by Crippen LogP contribution is -2.45. The highest BCUT2D eigenvalue weighted by Gasteiger charge is 2.23. The zero-order valence-corrected chi connectivity index (χ0v) is 55.2. The molecule has 2 N–H and O–H groups in total. The van der Waals surface area contributed by atoms with Crippen LogP contribution in [0.3, 0.4) is 0 Å². The van der Waals surface area contributed by atoms with E-state index in [9.17, 15) is 19.4 Å². The number of hydrogen-bond donors (Lipinski definition) is 2. The summed E-state index contributed by atoms with van der Waals surface area (Å²) in [5.41, 5.74) is 0. The molecule has 80 heavy (non-hydrogen) atoms. The predicted molar refractivity (Wildman–Crippen MR) is 348 cm³/mol. The Morgan fingerprint density at radius 3 is 1.01 bits per heavy atom. The number of phosphoric ester groups is 1. The molecule has 474 valence electrons. The number of phosphoric acid groups is 1. The molecule has 1 amide bonds. The third kappa shape index (κ3) is 64.3. The molecule has 0 aromatic rings. The van der Waals surface area contributed by atoms with Gasteiger partial charge < -0.3 is 28.8 Å². The molecular weight excluding hydrogens is 1010 g/mol. The maximum Gasteiger partial charge on any atom is 0.268 e. The maximum absolute atomic E-state index is 13.0. The maximum atomic E-state index is 13.0. The lowest BCUT2D eigenvalue weighted by atomic mass is 10.0. The molecule has 8 nitrogen and oxygen atoms in total. The number of likely N-dealkylation sites (N-methyl/N-ethyl adjacent to an activating group) is 1. The number of aliphatic hydroxyl groups excluding tert-OH is 1. The van der Waals surface area contributed by atoms with Gasteiger partial charge in [0.15, 0.2) is 0 Å². The molecule has 0 aromatic carbocycles. The molecule has 3 unspecified atom stereocenters. The lowest BCUT2D eigenvalue weighted by Gasteiger charge is -2.29. The zero-order valence-electron chi connectivity index (χ0n) is 54.3. The smallest absolute Gasteiger partial charge is 0.268 e. The number of hydrogen-bond acceptors (Lipinski definition) is 6. The summed E-state index contributed by atoms with van der Waals surface area (Å²) in [5.74, 6) is -0.200. The third-order valence-corrected chi connectivity index (χ3v) is 17.3. The number of amides is 1. The fourth-order valence-corrected chi connectivity index (χ4v) is 11.5. The van der Waals surface area contributed by atoms with Crippen molar-refractivity contribution in [3.05, 3.63) is 36.5 Å². The van der Waals surface area contributed by atoms with E-state index in [1.54, 1.807) is 6.08 Å². The molecule has 0 saturated carbocycles. The summed E-state index contributed by atoms with van der Waals surface area (Å²) in [5, 5.41) is 13.9. The molecule has 0 radical (unpaired) electrons. The normalized spacial score (nSPS) is 13.8. The summed E-state index contributed by atoms with van der Waals surface area (Å²) in [6, 6.07) is -0.902. The van der Waals surface area contributed by atoms with Gasteiger partial charge in [-0.15, -0.1) is 0 Å². The van der Waals surface area contributed by atoms with Gasteiger partial charge in [0.05, 0.1) is 39.9 Å². The van der Waals surface area contributed by atoms with Gasteiger partial charge in [0.2, 0.25) is 5.91 Å². The Hall–Kier alpha value is -1.28. The number of aliphatic hydroxyl groups is 1. The second-order valence-corrected chi connectivity index (χ2v) is 27.0. The highest BCUT2D eigenvalue weighted by molar-refractivity contribution is 7.45. The van der Waals surface area contributed by atoms with E-state index in [2.05, 4.69) is 43.5 Å². The van der Waals surface area contributed by atoms with Crippen LogP contribution in [0.25, 0.3) is 0 Å². The molecule has 9 heteroatoms. The Kier molecular flexibility index (Phi) is 61.3. The number of carbonyl (C=O) groups is 1. The molecule has 3 atom stereocenters. The minimum absolute atomic E-state index is 0.00422. The van der Waals surface area contributed by atoms with Crippen molar-refractivity contribution in [1.29, 1.82) is 0 Å². The number of nitrogens with zero attached hydrogens (tertiary/aromatic N) is 1. The van der Waals surface area contributed by atoms with Crippen molar-refractivity contribution in [2.45, 2.75) is 373 Å². The van der Waals surface area contributed by atoms with Crippen LogP contribution in [0.1, 0.15) is 361 Å². The van der Waals surface area contributed by atoms with Gasteiger partial charge in [0, 0.05) is 6.42 Å². The van der Waals surface area contributed by atoms with E-state index in [1.165, 1.54) is 302 Å². The summed E-state index contributed by atoms with van der Waals surface area (Å²) in [7, 11) is 1.26. The van der Waals surface area contributed by atoms with E-state index in [0.717, 1.165) is 38.5 Å². The van der Waals surface area contributed by atoms with Crippen molar-refractivity contribution in [2.24, 2.45) is 0 Å². The monoisotopic (exact) mass is 1150 g/mol. The first-order chi connectivity index (χ1) is 39.0. The molecule has 0 spiro atoms. The van der Waals surface area contributed by atoms with Gasteiger partial charge in [-0.3, -0.25) is 9.36 Å². The van der Waals surface area contributed by atoms with Crippen molar-refractivity contribution in [3.63, 3.8) is 0 Å². The molecule has 0 aromatic heterocycles. The average Bonchev–Trinajstić information content (AvgIpc) is 3.42.